The average Bonchev–Trinajstić information content (AvgIpc) is 2.69. The zero-order valence-electron chi connectivity index (χ0n) is 11.8. The van der Waals surface area contributed by atoms with Gasteiger partial charge in [-0.3, -0.25) is 0 Å². The largest absolute Gasteiger partial charge is 0.444 e. The molecule has 1 aromatic heterocycles. The topological polar surface area (TPSA) is 38.1 Å². The Morgan fingerprint density at radius 3 is 2.70 bits per heavy atom. The molecule has 0 aliphatic heterocycles. The molecule has 0 atom stereocenters. The number of hydrogen-bond donors (Lipinski definition) is 1. The molecule has 1 heterocycles. The van der Waals surface area contributed by atoms with Crippen LogP contribution in [0.25, 0.3) is 0 Å². The lowest BCUT2D eigenvalue weighted by molar-refractivity contribution is 0.279. The lowest BCUT2D eigenvalue weighted by Gasteiger charge is -2.36. The van der Waals surface area contributed by atoms with Crippen LogP contribution in [0.1, 0.15) is 41.7 Å². The third-order valence-corrected chi connectivity index (χ3v) is 4.44. The van der Waals surface area contributed by atoms with Gasteiger partial charge in [-0.1, -0.05) is 29.8 Å². The van der Waals surface area contributed by atoms with Crippen molar-refractivity contribution in [3.05, 3.63) is 52.2 Å². The van der Waals surface area contributed by atoms with Crippen molar-refractivity contribution in [2.75, 3.05) is 0 Å². The van der Waals surface area contributed by atoms with E-state index >= 15 is 0 Å². The molecule has 0 radical (unpaired) electrons. The normalized spacial score (nSPS) is 21.8. The molecule has 1 saturated carbocycles. The number of nitrogens with zero attached hydrogens (tertiary/aromatic N) is 1. The van der Waals surface area contributed by atoms with E-state index in [1.165, 1.54) is 5.56 Å². The second-order valence-corrected chi connectivity index (χ2v) is 5.92. The van der Waals surface area contributed by atoms with Crippen LogP contribution >= 0.6 is 11.6 Å². The van der Waals surface area contributed by atoms with E-state index in [2.05, 4.69) is 22.4 Å². The maximum atomic E-state index is 6.23. The van der Waals surface area contributed by atoms with Crippen molar-refractivity contribution in [2.24, 2.45) is 0 Å². The summed E-state index contributed by atoms with van der Waals surface area (Å²) in [5.74, 6) is 2.26. The highest BCUT2D eigenvalue weighted by molar-refractivity contribution is 6.31. The van der Waals surface area contributed by atoms with Gasteiger partial charge >= 0.3 is 0 Å². The summed E-state index contributed by atoms with van der Waals surface area (Å²) in [5.41, 5.74) is 2.25. The van der Waals surface area contributed by atoms with E-state index in [1.54, 1.807) is 0 Å². The Balaban J connectivity index is 1.50. The Bertz CT molecular complexity index is 583. The third kappa shape index (κ3) is 2.74. The van der Waals surface area contributed by atoms with E-state index in [1.807, 2.05) is 26.0 Å². The first kappa shape index (κ1) is 13.7. The molecule has 3 nitrogen and oxygen atoms in total. The van der Waals surface area contributed by atoms with E-state index in [0.29, 0.717) is 18.5 Å². The number of halogens is 1. The van der Waals surface area contributed by atoms with Crippen molar-refractivity contribution in [1.82, 2.24) is 10.3 Å². The minimum atomic E-state index is 0.531. The number of hydrogen-bond acceptors (Lipinski definition) is 3. The van der Waals surface area contributed by atoms with Gasteiger partial charge in [-0.05, 0) is 44.2 Å². The molecule has 1 fully saturated rings. The Hall–Kier alpha value is -1.32. The van der Waals surface area contributed by atoms with E-state index in [-0.39, 0.29) is 0 Å². The van der Waals surface area contributed by atoms with Gasteiger partial charge in [-0.15, -0.1) is 0 Å². The van der Waals surface area contributed by atoms with Crippen LogP contribution < -0.4 is 5.32 Å². The van der Waals surface area contributed by atoms with Gasteiger partial charge in [0.2, 0.25) is 5.89 Å². The Morgan fingerprint density at radius 1 is 1.30 bits per heavy atom. The van der Waals surface area contributed by atoms with Crippen molar-refractivity contribution in [3.8, 4) is 0 Å². The van der Waals surface area contributed by atoms with Gasteiger partial charge in [0.15, 0.2) is 0 Å². The Kier molecular flexibility index (Phi) is 3.81. The van der Waals surface area contributed by atoms with Crippen molar-refractivity contribution in [1.29, 1.82) is 0 Å². The summed E-state index contributed by atoms with van der Waals surface area (Å²) in [6.45, 7) is 4.62. The first-order chi connectivity index (χ1) is 9.63. The molecule has 106 valence electrons. The number of benzene rings is 1. The fourth-order valence-electron chi connectivity index (χ4n) is 2.69. The summed E-state index contributed by atoms with van der Waals surface area (Å²) >= 11 is 6.23. The van der Waals surface area contributed by atoms with Crippen LogP contribution in [0.2, 0.25) is 5.02 Å². The minimum absolute atomic E-state index is 0.531. The molecule has 2 aromatic rings. The smallest absolute Gasteiger partial charge is 0.208 e. The zero-order valence-corrected chi connectivity index (χ0v) is 12.6. The number of rotatable bonds is 4. The summed E-state index contributed by atoms with van der Waals surface area (Å²) in [5, 5.41) is 4.38. The molecule has 3 rings (SSSR count). The highest BCUT2D eigenvalue weighted by atomic mass is 35.5. The summed E-state index contributed by atoms with van der Waals surface area (Å²) in [7, 11) is 0. The average molecular weight is 291 g/mol. The molecule has 1 aliphatic rings. The van der Waals surface area contributed by atoms with Gasteiger partial charge < -0.3 is 9.73 Å². The molecule has 1 aliphatic carbocycles. The first-order valence-corrected chi connectivity index (χ1v) is 7.42. The van der Waals surface area contributed by atoms with E-state index in [9.17, 15) is 0 Å². The second kappa shape index (κ2) is 5.58. The Labute approximate surface area is 124 Å². The van der Waals surface area contributed by atoms with Crippen molar-refractivity contribution in [3.63, 3.8) is 0 Å². The van der Waals surface area contributed by atoms with Crippen LogP contribution in [0.5, 0.6) is 0 Å². The number of nitrogens with one attached hydrogen (secondary N) is 1. The predicted octanol–water partition coefficient (Wildman–Crippen LogP) is 3.98. The highest BCUT2D eigenvalue weighted by Gasteiger charge is 2.31. The summed E-state index contributed by atoms with van der Waals surface area (Å²) in [6, 6.07) is 8.66. The Morgan fingerprint density at radius 2 is 2.05 bits per heavy atom. The van der Waals surface area contributed by atoms with Crippen LogP contribution in [0.4, 0.5) is 0 Å². The monoisotopic (exact) mass is 290 g/mol. The summed E-state index contributed by atoms with van der Waals surface area (Å²) < 4.78 is 5.57. The molecular weight excluding hydrogens is 272 g/mol. The van der Waals surface area contributed by atoms with Gasteiger partial charge in [-0.25, -0.2) is 4.98 Å². The molecule has 0 spiro atoms. The van der Waals surface area contributed by atoms with Crippen molar-refractivity contribution in [2.45, 2.75) is 45.2 Å². The van der Waals surface area contributed by atoms with Gasteiger partial charge in [-0.2, -0.15) is 0 Å². The van der Waals surface area contributed by atoms with Crippen molar-refractivity contribution < 1.29 is 4.42 Å². The minimum Gasteiger partial charge on any atom is -0.444 e. The third-order valence-electron chi connectivity index (χ3n) is 4.10. The maximum absolute atomic E-state index is 6.23. The summed E-state index contributed by atoms with van der Waals surface area (Å²) in [4.78, 5) is 4.38. The second-order valence-electron chi connectivity index (χ2n) is 5.52. The van der Waals surface area contributed by atoms with Gasteiger partial charge in [0.25, 0.3) is 0 Å². The molecule has 0 bridgehead atoms. The molecule has 0 amide bonds. The lowest BCUT2D eigenvalue weighted by atomic mass is 9.76. The zero-order chi connectivity index (χ0) is 14.1. The molecule has 20 heavy (non-hydrogen) atoms. The van der Waals surface area contributed by atoms with Crippen LogP contribution in [0.15, 0.2) is 28.7 Å². The molecule has 0 saturated heterocycles. The number of aryl methyl sites for hydroxylation is 2. The van der Waals surface area contributed by atoms with E-state index < -0.39 is 0 Å². The quantitative estimate of drug-likeness (QED) is 0.925. The first-order valence-electron chi connectivity index (χ1n) is 7.04. The molecule has 0 unspecified atom stereocenters. The molecule has 1 N–H and O–H groups in total. The highest BCUT2D eigenvalue weighted by Crippen LogP contribution is 2.39. The van der Waals surface area contributed by atoms with Gasteiger partial charge in [0, 0.05) is 11.1 Å². The van der Waals surface area contributed by atoms with Crippen LogP contribution in [-0.4, -0.2) is 11.0 Å². The number of oxazole rings is 1. The molecular formula is C16H19ClN2O. The van der Waals surface area contributed by atoms with E-state index in [4.69, 9.17) is 16.0 Å². The number of aromatic nitrogens is 1. The van der Waals surface area contributed by atoms with Gasteiger partial charge in [0.1, 0.15) is 5.76 Å². The van der Waals surface area contributed by atoms with Crippen molar-refractivity contribution >= 4 is 11.6 Å². The van der Waals surface area contributed by atoms with Crippen LogP contribution in [-0.2, 0) is 6.54 Å². The van der Waals surface area contributed by atoms with Crippen LogP contribution in [0, 0.1) is 13.8 Å². The SMILES string of the molecule is Cc1nc(CNC2CC(c3ccccc3Cl)C2)oc1C. The molecule has 4 heteroatoms. The summed E-state index contributed by atoms with van der Waals surface area (Å²) in [6.07, 6.45) is 2.25. The maximum Gasteiger partial charge on any atom is 0.208 e. The van der Waals surface area contributed by atoms with Gasteiger partial charge in [0.05, 0.1) is 12.2 Å². The van der Waals surface area contributed by atoms with E-state index in [0.717, 1.165) is 35.2 Å². The molecule has 1 aromatic carbocycles. The lowest BCUT2D eigenvalue weighted by Crippen LogP contribution is -2.39. The fraction of sp³-hybridized carbons (Fsp3) is 0.438. The predicted molar refractivity (Wildman–Crippen MR) is 80.0 cm³/mol. The van der Waals surface area contributed by atoms with Crippen LogP contribution in [0.3, 0.4) is 0 Å². The standard InChI is InChI=1S/C16H19ClN2O/c1-10-11(2)20-16(19-10)9-18-13-7-12(8-13)14-5-3-4-6-15(14)17/h3-6,12-13,18H,7-9H2,1-2H3. The fourth-order valence-corrected chi connectivity index (χ4v) is 2.98.